The minimum atomic E-state index is -0.493. The van der Waals surface area contributed by atoms with E-state index in [0.29, 0.717) is 23.8 Å². The standard InChI is InChI=1S/C27H28N8O3/c1-4-5-9-22-17-35(25-23(26(36)38-3)11-13-33(25)2)27(37)34(22)16-21-15-19(10-12-28-21)18-7-6-8-20(14-18)24-29-31-32-30-24/h6-8,10-15,17H,4-5,9,16H2,1-3H3,(H,29,30,31,32). The molecule has 0 unspecified atom stereocenters. The van der Waals surface area contributed by atoms with Gasteiger partial charge < -0.3 is 9.30 Å². The Morgan fingerprint density at radius 3 is 2.68 bits per heavy atom. The van der Waals surface area contributed by atoms with Gasteiger partial charge >= 0.3 is 11.7 Å². The summed E-state index contributed by atoms with van der Waals surface area (Å²) in [6.07, 6.45) is 7.94. The Morgan fingerprint density at radius 2 is 1.92 bits per heavy atom. The SMILES string of the molecule is CCCCc1cn(-c2c(C(=O)OC)ccn2C)c(=O)n1Cc1cc(-c2cccc(-c3nn[nH]n3)c2)ccn1. The van der Waals surface area contributed by atoms with Crippen LogP contribution in [0, 0.1) is 0 Å². The number of carbonyl (C=O) groups is 1. The zero-order valence-electron chi connectivity index (χ0n) is 21.5. The Morgan fingerprint density at radius 1 is 1.11 bits per heavy atom. The van der Waals surface area contributed by atoms with Crippen molar-refractivity contribution in [3.8, 4) is 28.3 Å². The molecule has 0 bridgehead atoms. The van der Waals surface area contributed by atoms with E-state index in [1.165, 1.54) is 11.7 Å². The molecule has 1 N–H and O–H groups in total. The molecule has 5 rings (SSSR count). The molecule has 11 heteroatoms. The van der Waals surface area contributed by atoms with E-state index in [2.05, 4.69) is 32.5 Å². The van der Waals surface area contributed by atoms with E-state index >= 15 is 0 Å². The number of imidazole rings is 1. The van der Waals surface area contributed by atoms with Crippen molar-refractivity contribution in [3.63, 3.8) is 0 Å². The van der Waals surface area contributed by atoms with Gasteiger partial charge in [0, 0.05) is 36.9 Å². The molecule has 0 aliphatic heterocycles. The van der Waals surface area contributed by atoms with Crippen molar-refractivity contribution >= 4 is 5.97 Å². The normalized spacial score (nSPS) is 11.1. The van der Waals surface area contributed by atoms with E-state index in [9.17, 15) is 9.59 Å². The van der Waals surface area contributed by atoms with Gasteiger partial charge in [0.2, 0.25) is 5.82 Å². The van der Waals surface area contributed by atoms with E-state index in [1.807, 2.05) is 42.6 Å². The Kier molecular flexibility index (Phi) is 6.98. The number of pyridine rings is 1. The Balaban J connectivity index is 1.52. The fraction of sp³-hybridized carbons (Fsp3) is 0.259. The van der Waals surface area contributed by atoms with Gasteiger partial charge in [0.25, 0.3) is 0 Å². The number of esters is 1. The summed E-state index contributed by atoms with van der Waals surface area (Å²) in [6.45, 7) is 2.40. The molecular formula is C27H28N8O3. The van der Waals surface area contributed by atoms with Crippen LogP contribution in [-0.2, 0) is 24.8 Å². The Bertz CT molecular complexity index is 1630. The number of aromatic nitrogens is 8. The first-order chi connectivity index (χ1) is 18.5. The average molecular weight is 513 g/mol. The molecule has 0 saturated carbocycles. The highest BCUT2D eigenvalue weighted by molar-refractivity contribution is 5.93. The van der Waals surface area contributed by atoms with Gasteiger partial charge in [-0.25, -0.2) is 9.59 Å². The molecule has 38 heavy (non-hydrogen) atoms. The number of tetrazole rings is 1. The maximum Gasteiger partial charge on any atom is 0.341 e. The summed E-state index contributed by atoms with van der Waals surface area (Å²) in [5.41, 5.74) is 4.48. The van der Waals surface area contributed by atoms with Crippen LogP contribution in [0.4, 0.5) is 0 Å². The molecule has 0 spiro atoms. The fourth-order valence-electron chi connectivity index (χ4n) is 4.52. The van der Waals surface area contributed by atoms with Crippen molar-refractivity contribution in [1.82, 2.24) is 39.3 Å². The summed E-state index contributed by atoms with van der Waals surface area (Å²) in [7, 11) is 3.13. The second-order valence-electron chi connectivity index (χ2n) is 8.97. The van der Waals surface area contributed by atoms with Crippen molar-refractivity contribution in [2.75, 3.05) is 7.11 Å². The molecule has 0 aliphatic rings. The van der Waals surface area contributed by atoms with Crippen molar-refractivity contribution in [1.29, 1.82) is 0 Å². The number of hydrogen-bond acceptors (Lipinski definition) is 7. The molecular weight excluding hydrogens is 484 g/mol. The van der Waals surface area contributed by atoms with Gasteiger partial charge in [-0.2, -0.15) is 5.21 Å². The first-order valence-corrected chi connectivity index (χ1v) is 12.3. The summed E-state index contributed by atoms with van der Waals surface area (Å²) in [4.78, 5) is 30.6. The zero-order chi connectivity index (χ0) is 26.6. The van der Waals surface area contributed by atoms with Crippen LogP contribution in [0.2, 0.25) is 0 Å². The topological polar surface area (TPSA) is 126 Å². The van der Waals surface area contributed by atoms with Gasteiger partial charge in [0.05, 0.1) is 19.3 Å². The molecule has 194 valence electrons. The second kappa shape index (κ2) is 10.7. The number of benzene rings is 1. The molecule has 0 atom stereocenters. The summed E-state index contributed by atoms with van der Waals surface area (Å²) in [5.74, 6) is 0.493. The number of methoxy groups -OCH3 is 1. The summed E-state index contributed by atoms with van der Waals surface area (Å²) in [5, 5.41) is 14.2. The Labute approximate surface area is 218 Å². The van der Waals surface area contributed by atoms with E-state index in [1.54, 1.807) is 34.6 Å². The molecule has 0 radical (unpaired) electrons. The lowest BCUT2D eigenvalue weighted by atomic mass is 10.0. The van der Waals surface area contributed by atoms with Crippen LogP contribution >= 0.6 is 0 Å². The highest BCUT2D eigenvalue weighted by Gasteiger charge is 2.21. The number of rotatable bonds is 9. The van der Waals surface area contributed by atoms with Crippen LogP contribution in [0.5, 0.6) is 0 Å². The first kappa shape index (κ1) is 24.9. The molecule has 0 aliphatic carbocycles. The second-order valence-corrected chi connectivity index (χ2v) is 8.97. The zero-order valence-corrected chi connectivity index (χ0v) is 21.5. The maximum absolute atomic E-state index is 13.7. The van der Waals surface area contributed by atoms with Crippen molar-refractivity contribution in [3.05, 3.63) is 88.5 Å². The number of aryl methyl sites for hydroxylation is 2. The molecule has 0 saturated heterocycles. The van der Waals surface area contributed by atoms with Crippen LogP contribution in [0.1, 0.15) is 41.5 Å². The van der Waals surface area contributed by atoms with Crippen molar-refractivity contribution < 1.29 is 9.53 Å². The van der Waals surface area contributed by atoms with Crippen molar-refractivity contribution in [2.45, 2.75) is 32.7 Å². The number of aromatic amines is 1. The fourth-order valence-corrected chi connectivity index (χ4v) is 4.52. The number of nitrogens with one attached hydrogen (secondary N) is 1. The van der Waals surface area contributed by atoms with Crippen LogP contribution < -0.4 is 5.69 Å². The molecule has 11 nitrogen and oxygen atoms in total. The number of ether oxygens (including phenoxy) is 1. The van der Waals surface area contributed by atoms with Crippen LogP contribution in [0.25, 0.3) is 28.3 Å². The maximum atomic E-state index is 13.7. The molecule has 1 aromatic carbocycles. The molecule has 4 aromatic heterocycles. The molecule has 0 amide bonds. The van der Waals surface area contributed by atoms with Crippen molar-refractivity contribution in [2.24, 2.45) is 7.05 Å². The first-order valence-electron chi connectivity index (χ1n) is 12.3. The van der Waals surface area contributed by atoms with E-state index < -0.39 is 5.97 Å². The largest absolute Gasteiger partial charge is 0.465 e. The smallest absolute Gasteiger partial charge is 0.341 e. The quantitative estimate of drug-likeness (QED) is 0.300. The van der Waals surface area contributed by atoms with Crippen LogP contribution in [-0.4, -0.2) is 52.4 Å². The number of hydrogen-bond donors (Lipinski definition) is 1. The number of nitrogens with zero attached hydrogens (tertiary/aromatic N) is 7. The van der Waals surface area contributed by atoms with Gasteiger partial charge in [-0.05, 0) is 53.4 Å². The monoisotopic (exact) mass is 512 g/mol. The molecule has 4 heterocycles. The van der Waals surface area contributed by atoms with E-state index in [-0.39, 0.29) is 5.69 Å². The minimum Gasteiger partial charge on any atom is -0.465 e. The predicted molar refractivity (Wildman–Crippen MR) is 141 cm³/mol. The van der Waals surface area contributed by atoms with Gasteiger partial charge in [0.15, 0.2) is 0 Å². The van der Waals surface area contributed by atoms with E-state index in [4.69, 9.17) is 4.74 Å². The predicted octanol–water partition coefficient (Wildman–Crippen LogP) is 3.40. The highest BCUT2D eigenvalue weighted by Crippen LogP contribution is 2.25. The summed E-state index contributed by atoms with van der Waals surface area (Å²) < 4.78 is 9.94. The number of carbonyl (C=O) groups excluding carboxylic acids is 1. The third-order valence-corrected chi connectivity index (χ3v) is 6.46. The van der Waals surface area contributed by atoms with Crippen LogP contribution in [0.15, 0.2) is 65.8 Å². The van der Waals surface area contributed by atoms with Gasteiger partial charge in [-0.3, -0.25) is 14.1 Å². The lowest BCUT2D eigenvalue weighted by Crippen LogP contribution is -2.27. The van der Waals surface area contributed by atoms with Gasteiger partial charge in [-0.1, -0.05) is 31.5 Å². The Hall–Kier alpha value is -4.80. The summed E-state index contributed by atoms with van der Waals surface area (Å²) in [6, 6.07) is 13.4. The summed E-state index contributed by atoms with van der Waals surface area (Å²) >= 11 is 0. The lowest BCUT2D eigenvalue weighted by molar-refractivity contribution is 0.0600. The van der Waals surface area contributed by atoms with Gasteiger partial charge in [0.1, 0.15) is 11.4 Å². The highest BCUT2D eigenvalue weighted by atomic mass is 16.5. The lowest BCUT2D eigenvalue weighted by Gasteiger charge is -2.09. The molecule has 0 fully saturated rings. The third kappa shape index (κ3) is 4.77. The van der Waals surface area contributed by atoms with Crippen LogP contribution in [0.3, 0.4) is 0 Å². The minimum absolute atomic E-state index is 0.241. The number of unbranched alkanes of at least 4 members (excludes halogenated alkanes) is 1. The van der Waals surface area contributed by atoms with Gasteiger partial charge in [-0.15, -0.1) is 10.2 Å². The van der Waals surface area contributed by atoms with E-state index in [0.717, 1.165) is 47.3 Å². The molecule has 5 aromatic rings. The third-order valence-electron chi connectivity index (χ3n) is 6.46. The average Bonchev–Trinajstić information content (AvgIpc) is 3.68. The number of H-pyrrole nitrogens is 1.